The van der Waals surface area contributed by atoms with Gasteiger partial charge in [0.05, 0.1) is 12.0 Å². The summed E-state index contributed by atoms with van der Waals surface area (Å²) in [5.41, 5.74) is 0. The van der Waals surface area contributed by atoms with E-state index in [2.05, 4.69) is 9.37 Å². The Balaban J connectivity index is 2.69. The normalized spacial score (nSPS) is 11.9. The second kappa shape index (κ2) is 5.33. The summed E-state index contributed by atoms with van der Waals surface area (Å²) >= 11 is 0.560. The fraction of sp³-hybridized carbons (Fsp3) is 0. The van der Waals surface area contributed by atoms with Crippen molar-refractivity contribution in [1.82, 2.24) is 0 Å². The highest BCUT2D eigenvalue weighted by Crippen LogP contribution is 2.34. The van der Waals surface area contributed by atoms with Gasteiger partial charge in [0.2, 0.25) is 0 Å². The molecule has 9 heteroatoms. The molecule has 0 saturated heterocycles. The lowest BCUT2D eigenvalue weighted by Crippen LogP contribution is -1.99. The standard InChI is InChI=1S/C10H8O7S2/c11-9-5-6(18-17-16-12)4-8-7(9)2-1-3-10(8)19(13,14)15/h1-5,11-12H,(H,13,14,15). The van der Waals surface area contributed by atoms with Gasteiger partial charge in [-0.15, -0.1) is 4.33 Å². The molecule has 2 rings (SSSR count). The third kappa shape index (κ3) is 2.97. The first-order valence-electron chi connectivity index (χ1n) is 4.81. The van der Waals surface area contributed by atoms with Crippen molar-refractivity contribution in [3.05, 3.63) is 30.3 Å². The predicted molar refractivity (Wildman–Crippen MR) is 66.1 cm³/mol. The highest BCUT2D eigenvalue weighted by molar-refractivity contribution is 7.94. The zero-order valence-corrected chi connectivity index (χ0v) is 10.8. The van der Waals surface area contributed by atoms with Gasteiger partial charge in [0.1, 0.15) is 10.6 Å². The van der Waals surface area contributed by atoms with Gasteiger partial charge in [0.15, 0.2) is 0 Å². The summed E-state index contributed by atoms with van der Waals surface area (Å²) in [6.45, 7) is 0. The second-order valence-electron chi connectivity index (χ2n) is 3.49. The lowest BCUT2D eigenvalue weighted by Gasteiger charge is -2.07. The van der Waals surface area contributed by atoms with Crippen molar-refractivity contribution in [2.75, 3.05) is 0 Å². The molecular formula is C10H8O7S2. The van der Waals surface area contributed by atoms with E-state index in [-0.39, 0.29) is 26.3 Å². The molecule has 2 aromatic rings. The van der Waals surface area contributed by atoms with Crippen LogP contribution in [-0.2, 0) is 19.5 Å². The van der Waals surface area contributed by atoms with E-state index in [4.69, 9.17) is 9.81 Å². The van der Waals surface area contributed by atoms with E-state index in [1.807, 2.05) is 0 Å². The molecule has 0 heterocycles. The molecule has 0 aliphatic heterocycles. The van der Waals surface area contributed by atoms with Gasteiger partial charge in [-0.2, -0.15) is 8.42 Å². The number of phenolic OH excluding ortho intramolecular Hbond substituents is 1. The lowest BCUT2D eigenvalue weighted by molar-refractivity contribution is -0.432. The molecule has 0 aromatic heterocycles. The molecule has 3 N–H and O–H groups in total. The van der Waals surface area contributed by atoms with Crippen molar-refractivity contribution in [2.24, 2.45) is 0 Å². The first-order valence-corrected chi connectivity index (χ1v) is 6.99. The highest BCUT2D eigenvalue weighted by atomic mass is 32.2. The monoisotopic (exact) mass is 304 g/mol. The van der Waals surface area contributed by atoms with E-state index in [1.165, 1.54) is 30.3 Å². The van der Waals surface area contributed by atoms with E-state index in [9.17, 15) is 13.5 Å². The van der Waals surface area contributed by atoms with Crippen LogP contribution in [0.3, 0.4) is 0 Å². The Morgan fingerprint density at radius 3 is 2.53 bits per heavy atom. The van der Waals surface area contributed by atoms with Gasteiger partial charge in [0, 0.05) is 15.7 Å². The van der Waals surface area contributed by atoms with Crippen LogP contribution < -0.4 is 0 Å². The van der Waals surface area contributed by atoms with Gasteiger partial charge < -0.3 is 5.11 Å². The number of phenols is 1. The van der Waals surface area contributed by atoms with Crippen molar-refractivity contribution in [3.63, 3.8) is 0 Å². The maximum absolute atomic E-state index is 11.3. The average molecular weight is 304 g/mol. The SMILES string of the molecule is O=S(=O)(O)c1cccc2c(O)cc(SOOO)cc12. The summed E-state index contributed by atoms with van der Waals surface area (Å²) in [7, 11) is -4.43. The highest BCUT2D eigenvalue weighted by Gasteiger charge is 2.16. The van der Waals surface area contributed by atoms with Crippen molar-refractivity contribution >= 4 is 32.9 Å². The predicted octanol–water partition coefficient (Wildman–Crippen LogP) is 2.22. The lowest BCUT2D eigenvalue weighted by atomic mass is 10.1. The molecule has 0 fully saturated rings. The van der Waals surface area contributed by atoms with E-state index >= 15 is 0 Å². The van der Waals surface area contributed by atoms with Crippen molar-refractivity contribution < 1.29 is 32.7 Å². The Labute approximate surface area is 112 Å². The molecule has 0 aliphatic rings. The molecule has 0 spiro atoms. The first kappa shape index (κ1) is 14.1. The molecule has 0 saturated carbocycles. The first-order chi connectivity index (χ1) is 8.93. The minimum absolute atomic E-state index is 0.119. The smallest absolute Gasteiger partial charge is 0.295 e. The van der Waals surface area contributed by atoms with Gasteiger partial charge in [-0.05, 0) is 18.2 Å². The molecule has 102 valence electrons. The summed E-state index contributed by atoms with van der Waals surface area (Å²) in [6, 6.07) is 6.75. The van der Waals surface area contributed by atoms with E-state index < -0.39 is 10.1 Å². The zero-order chi connectivity index (χ0) is 14.0. The van der Waals surface area contributed by atoms with E-state index in [0.29, 0.717) is 12.0 Å². The number of fused-ring (bicyclic) bond motifs is 1. The van der Waals surface area contributed by atoms with Crippen LogP contribution in [0.5, 0.6) is 5.75 Å². The molecule has 0 atom stereocenters. The van der Waals surface area contributed by atoms with Gasteiger partial charge in [0.25, 0.3) is 10.1 Å². The minimum Gasteiger partial charge on any atom is -0.507 e. The molecule has 7 nitrogen and oxygen atoms in total. The molecule has 0 amide bonds. The Hall–Kier alpha value is -1.36. The Morgan fingerprint density at radius 2 is 1.89 bits per heavy atom. The van der Waals surface area contributed by atoms with Crippen LogP contribution in [0, 0.1) is 0 Å². The van der Waals surface area contributed by atoms with Crippen LogP contribution in [0.25, 0.3) is 10.8 Å². The third-order valence-electron chi connectivity index (χ3n) is 2.35. The van der Waals surface area contributed by atoms with Gasteiger partial charge in [-0.1, -0.05) is 17.2 Å². The Bertz CT molecular complexity index is 711. The molecule has 19 heavy (non-hydrogen) atoms. The van der Waals surface area contributed by atoms with Crippen molar-refractivity contribution in [3.8, 4) is 5.75 Å². The van der Waals surface area contributed by atoms with Crippen molar-refractivity contribution in [2.45, 2.75) is 9.79 Å². The molecule has 0 unspecified atom stereocenters. The van der Waals surface area contributed by atoms with Crippen LogP contribution in [0.4, 0.5) is 0 Å². The maximum atomic E-state index is 11.3. The number of aromatic hydroxyl groups is 1. The van der Waals surface area contributed by atoms with Crippen LogP contribution in [0.2, 0.25) is 0 Å². The van der Waals surface area contributed by atoms with Gasteiger partial charge in [-0.3, -0.25) is 4.55 Å². The van der Waals surface area contributed by atoms with Gasteiger partial charge >= 0.3 is 0 Å². The van der Waals surface area contributed by atoms with E-state index in [1.54, 1.807) is 0 Å². The number of rotatable bonds is 4. The summed E-state index contributed by atoms with van der Waals surface area (Å²) in [5.74, 6) is -0.202. The fourth-order valence-electron chi connectivity index (χ4n) is 1.64. The zero-order valence-electron chi connectivity index (χ0n) is 9.18. The van der Waals surface area contributed by atoms with Crippen molar-refractivity contribution in [1.29, 1.82) is 0 Å². The fourth-order valence-corrected chi connectivity index (χ4v) is 2.77. The summed E-state index contributed by atoms with van der Waals surface area (Å²) in [5, 5.41) is 21.6. The topological polar surface area (TPSA) is 113 Å². The second-order valence-corrected chi connectivity index (χ2v) is 5.66. The number of benzene rings is 2. The maximum Gasteiger partial charge on any atom is 0.295 e. The average Bonchev–Trinajstić information content (AvgIpc) is 2.34. The minimum atomic E-state index is -4.43. The summed E-state index contributed by atoms with van der Waals surface area (Å²) < 4.78 is 35.8. The van der Waals surface area contributed by atoms with Crippen LogP contribution in [-0.4, -0.2) is 23.3 Å². The molecular weight excluding hydrogens is 296 g/mol. The molecule has 2 aromatic carbocycles. The number of hydrogen-bond donors (Lipinski definition) is 3. The number of hydrogen-bond acceptors (Lipinski definition) is 7. The molecule has 0 aliphatic carbocycles. The molecule has 0 bridgehead atoms. The largest absolute Gasteiger partial charge is 0.507 e. The summed E-state index contributed by atoms with van der Waals surface area (Å²) in [4.78, 5) is -0.0668. The van der Waals surface area contributed by atoms with Crippen LogP contribution in [0.1, 0.15) is 0 Å². The third-order valence-corrected chi connectivity index (χ3v) is 3.82. The van der Waals surface area contributed by atoms with E-state index in [0.717, 1.165) is 0 Å². The van der Waals surface area contributed by atoms with Gasteiger partial charge in [-0.25, -0.2) is 5.26 Å². The Morgan fingerprint density at radius 1 is 1.16 bits per heavy atom. The molecule has 0 radical (unpaired) electrons. The van der Waals surface area contributed by atoms with Crippen LogP contribution in [0.15, 0.2) is 40.1 Å². The van der Waals surface area contributed by atoms with Crippen LogP contribution >= 0.6 is 12.0 Å². The quantitative estimate of drug-likeness (QED) is 0.341. The summed E-state index contributed by atoms with van der Waals surface area (Å²) in [6.07, 6.45) is 0. The Kier molecular flexibility index (Phi) is 3.94.